The number of nitriles is 1. The van der Waals surface area contributed by atoms with Crippen molar-refractivity contribution in [1.82, 2.24) is 9.88 Å². The zero-order valence-electron chi connectivity index (χ0n) is 15.2. The average Bonchev–Trinajstić information content (AvgIpc) is 3.00. The Morgan fingerprint density at radius 2 is 1.90 bits per heavy atom. The molecule has 0 unspecified atom stereocenters. The number of aromatic nitrogens is 1. The first kappa shape index (κ1) is 20.0. The molecule has 0 radical (unpaired) electrons. The van der Waals surface area contributed by atoms with E-state index in [2.05, 4.69) is 15.5 Å². The number of amides is 2. The fourth-order valence-electron chi connectivity index (χ4n) is 2.80. The largest absolute Gasteiger partial charge is 0.493 e. The number of hydrogen-bond acceptors (Lipinski definition) is 5. The number of carbonyl (C=O) groups is 2. The van der Waals surface area contributed by atoms with Crippen molar-refractivity contribution in [3.05, 3.63) is 59.1 Å². The number of benzene rings is 2. The van der Waals surface area contributed by atoms with E-state index in [0.29, 0.717) is 10.9 Å². The molecule has 3 rings (SSSR count). The molecule has 0 aliphatic rings. The van der Waals surface area contributed by atoms with E-state index in [4.69, 9.17) is 16.9 Å². The minimum atomic E-state index is -0.696. The molecule has 29 heavy (non-hydrogen) atoms. The molecule has 0 saturated carbocycles. The molecule has 2 amide bonds. The number of rotatable bonds is 6. The van der Waals surface area contributed by atoms with E-state index in [1.54, 1.807) is 42.5 Å². The van der Waals surface area contributed by atoms with Gasteiger partial charge in [0.1, 0.15) is 6.54 Å². The summed E-state index contributed by atoms with van der Waals surface area (Å²) in [5.74, 6) is -1.38. The first-order chi connectivity index (χ1) is 14.0. The Hall–Kier alpha value is -3.70. The number of nitrogens with one attached hydrogen (secondary N) is 1. The highest BCUT2D eigenvalue weighted by atomic mass is 35.5. The second-order valence-electron chi connectivity index (χ2n) is 6.01. The van der Waals surface area contributed by atoms with Gasteiger partial charge in [-0.05, 0) is 18.2 Å². The number of carbonyl (C=O) groups excluding carboxylic acids is 2. The topological polar surface area (TPSA) is 120 Å². The first-order valence-electron chi connectivity index (χ1n) is 8.67. The fraction of sp³-hybridized carbons (Fsp3) is 0.150. The number of hydrogen-bond donors (Lipinski definition) is 2. The summed E-state index contributed by atoms with van der Waals surface area (Å²) in [6, 6.07) is 15.6. The summed E-state index contributed by atoms with van der Waals surface area (Å²) in [6.07, 6.45) is 0.204. The molecule has 0 aliphatic carbocycles. The van der Waals surface area contributed by atoms with Gasteiger partial charge < -0.3 is 15.0 Å². The molecule has 2 aromatic carbocycles. The summed E-state index contributed by atoms with van der Waals surface area (Å²) in [6.45, 7) is -0.0956. The van der Waals surface area contributed by atoms with Crippen molar-refractivity contribution < 1.29 is 14.7 Å². The fourth-order valence-corrected chi connectivity index (χ4v) is 3.02. The van der Waals surface area contributed by atoms with Gasteiger partial charge in [0.05, 0.1) is 28.6 Å². The van der Waals surface area contributed by atoms with Gasteiger partial charge in [0.15, 0.2) is 5.69 Å². The van der Waals surface area contributed by atoms with Gasteiger partial charge in [0.25, 0.3) is 11.8 Å². The molecule has 0 bridgehead atoms. The Morgan fingerprint density at radius 1 is 1.17 bits per heavy atom. The molecule has 8 nitrogen and oxygen atoms in total. The predicted molar refractivity (Wildman–Crippen MR) is 107 cm³/mol. The van der Waals surface area contributed by atoms with Crippen molar-refractivity contribution in [2.45, 2.75) is 13.0 Å². The number of fused-ring (bicyclic) bond motifs is 1. The molecule has 2 N–H and O–H groups in total. The van der Waals surface area contributed by atoms with Gasteiger partial charge >= 0.3 is 0 Å². The van der Waals surface area contributed by atoms with Crippen LogP contribution in [0.5, 0.6) is 5.88 Å². The highest BCUT2D eigenvalue weighted by Gasteiger charge is 2.17. The smallest absolute Gasteiger partial charge is 0.283 e. The van der Waals surface area contributed by atoms with Gasteiger partial charge in [-0.2, -0.15) is 5.26 Å². The van der Waals surface area contributed by atoms with Crippen molar-refractivity contribution in [3.63, 3.8) is 0 Å². The van der Waals surface area contributed by atoms with E-state index >= 15 is 0 Å². The Kier molecular flexibility index (Phi) is 6.22. The molecule has 0 spiro atoms. The summed E-state index contributed by atoms with van der Waals surface area (Å²) in [5.41, 5.74) is 1.05. The van der Waals surface area contributed by atoms with Crippen LogP contribution in [0, 0.1) is 11.3 Å². The van der Waals surface area contributed by atoms with Gasteiger partial charge in [-0.3, -0.25) is 9.59 Å². The highest BCUT2D eigenvalue weighted by molar-refractivity contribution is 6.33. The second kappa shape index (κ2) is 8.99. The van der Waals surface area contributed by atoms with Crippen LogP contribution in [0.15, 0.2) is 58.8 Å². The van der Waals surface area contributed by atoms with Crippen molar-refractivity contribution >= 4 is 40.0 Å². The molecule has 0 saturated heterocycles. The van der Waals surface area contributed by atoms with Crippen LogP contribution in [0.2, 0.25) is 5.02 Å². The average molecular weight is 410 g/mol. The van der Waals surface area contributed by atoms with E-state index < -0.39 is 11.8 Å². The maximum absolute atomic E-state index is 12.1. The van der Waals surface area contributed by atoms with Crippen molar-refractivity contribution in [2.75, 3.05) is 6.54 Å². The SMILES string of the molecule is N#CCCn1c(O)c(N=NC(=O)CNC(=O)c2ccccc2Cl)c2ccccc21. The summed E-state index contributed by atoms with van der Waals surface area (Å²) in [4.78, 5) is 24.1. The van der Waals surface area contributed by atoms with Crippen LogP contribution in [-0.2, 0) is 11.3 Å². The lowest BCUT2D eigenvalue weighted by atomic mass is 10.2. The number of aryl methyl sites for hydroxylation is 1. The monoisotopic (exact) mass is 409 g/mol. The molecule has 1 heterocycles. The van der Waals surface area contributed by atoms with Crippen LogP contribution >= 0.6 is 11.6 Å². The van der Waals surface area contributed by atoms with Crippen LogP contribution in [0.3, 0.4) is 0 Å². The summed E-state index contributed by atoms with van der Waals surface area (Å²) >= 11 is 5.95. The van der Waals surface area contributed by atoms with E-state index in [1.165, 1.54) is 10.6 Å². The summed E-state index contributed by atoms with van der Waals surface area (Å²) in [5, 5.41) is 30.0. The molecule has 146 valence electrons. The third-order valence-corrected chi connectivity index (χ3v) is 4.47. The normalized spacial score (nSPS) is 10.9. The van der Waals surface area contributed by atoms with E-state index in [-0.39, 0.29) is 41.7 Å². The summed E-state index contributed by atoms with van der Waals surface area (Å²) in [7, 11) is 0. The molecular weight excluding hydrogens is 394 g/mol. The lowest BCUT2D eigenvalue weighted by molar-refractivity contribution is -0.117. The number of azo groups is 1. The van der Waals surface area contributed by atoms with Crippen molar-refractivity contribution in [3.8, 4) is 11.9 Å². The van der Waals surface area contributed by atoms with Crippen LogP contribution in [0.4, 0.5) is 5.69 Å². The maximum atomic E-state index is 12.1. The molecule has 0 atom stereocenters. The molecule has 9 heteroatoms. The van der Waals surface area contributed by atoms with Crippen LogP contribution in [0.1, 0.15) is 16.8 Å². The predicted octanol–water partition coefficient (Wildman–Crippen LogP) is 3.95. The van der Waals surface area contributed by atoms with Crippen molar-refractivity contribution in [2.24, 2.45) is 10.2 Å². The van der Waals surface area contributed by atoms with Crippen LogP contribution in [-0.4, -0.2) is 28.0 Å². The standard InChI is InChI=1S/C20H16ClN5O3/c21-15-8-3-1-6-13(15)19(28)23-12-17(27)24-25-18-14-7-2-4-9-16(14)26(20(18)29)11-5-10-22/h1-4,6-9,29H,5,11-12H2,(H,23,28). The number of para-hydroxylation sites is 1. The van der Waals surface area contributed by atoms with E-state index in [1.807, 2.05) is 6.07 Å². The zero-order valence-corrected chi connectivity index (χ0v) is 15.9. The summed E-state index contributed by atoms with van der Waals surface area (Å²) < 4.78 is 1.54. The lowest BCUT2D eigenvalue weighted by Crippen LogP contribution is -2.28. The Morgan fingerprint density at radius 3 is 2.66 bits per heavy atom. The van der Waals surface area contributed by atoms with Crippen LogP contribution < -0.4 is 5.32 Å². The minimum absolute atomic E-state index is 0.129. The van der Waals surface area contributed by atoms with Gasteiger partial charge in [-0.1, -0.05) is 41.9 Å². The molecule has 3 aromatic rings. The minimum Gasteiger partial charge on any atom is -0.493 e. The third-order valence-electron chi connectivity index (χ3n) is 4.14. The lowest BCUT2D eigenvalue weighted by Gasteiger charge is -2.04. The van der Waals surface area contributed by atoms with Crippen LogP contribution in [0.25, 0.3) is 10.9 Å². The van der Waals surface area contributed by atoms with Gasteiger partial charge in [0.2, 0.25) is 5.88 Å². The Labute approximate surface area is 171 Å². The van der Waals surface area contributed by atoms with Gasteiger partial charge in [-0.25, -0.2) is 0 Å². The quantitative estimate of drug-likeness (QED) is 0.598. The number of nitrogens with zero attached hydrogens (tertiary/aromatic N) is 4. The Bertz CT molecular complexity index is 1150. The van der Waals surface area contributed by atoms with E-state index in [0.717, 1.165) is 0 Å². The first-order valence-corrected chi connectivity index (χ1v) is 9.05. The van der Waals surface area contributed by atoms with Crippen molar-refractivity contribution in [1.29, 1.82) is 5.26 Å². The van der Waals surface area contributed by atoms with E-state index in [9.17, 15) is 14.7 Å². The molecule has 1 aromatic heterocycles. The molecule has 0 fully saturated rings. The second-order valence-corrected chi connectivity index (χ2v) is 6.41. The Balaban J connectivity index is 1.74. The highest BCUT2D eigenvalue weighted by Crippen LogP contribution is 2.38. The van der Waals surface area contributed by atoms with Gasteiger partial charge in [0, 0.05) is 11.9 Å². The molecule has 0 aliphatic heterocycles. The molecular formula is C20H16ClN5O3. The third kappa shape index (κ3) is 4.42. The number of aromatic hydroxyl groups is 1. The maximum Gasteiger partial charge on any atom is 0.283 e. The van der Waals surface area contributed by atoms with Gasteiger partial charge in [-0.15, -0.1) is 10.2 Å². The zero-order chi connectivity index (χ0) is 20.8. The number of halogens is 1.